The molecule has 1 heterocycles. The number of nitrogens with zero attached hydrogens (tertiary/aromatic N) is 2. The molecule has 1 aromatic carbocycles. The highest BCUT2D eigenvalue weighted by Gasteiger charge is 2.16. The Morgan fingerprint density at radius 2 is 2.00 bits per heavy atom. The summed E-state index contributed by atoms with van der Waals surface area (Å²) in [5.41, 5.74) is -0.103. The zero-order chi connectivity index (χ0) is 13.1. The Balaban J connectivity index is 2.37. The number of hydrogen-bond acceptors (Lipinski definition) is 4. The standard InChI is InChI=1S/C11H6Br2N2O3/c12-7-5-8(13)11(14-6-7)18-10-4-2-1-3-9(10)15(16)17/h1-6H. The van der Waals surface area contributed by atoms with Gasteiger partial charge in [-0.15, -0.1) is 0 Å². The van der Waals surface area contributed by atoms with Crippen LogP contribution in [0, 0.1) is 10.1 Å². The van der Waals surface area contributed by atoms with Gasteiger partial charge in [-0.2, -0.15) is 0 Å². The molecule has 0 fully saturated rings. The van der Waals surface area contributed by atoms with Crippen molar-refractivity contribution < 1.29 is 9.66 Å². The van der Waals surface area contributed by atoms with Gasteiger partial charge in [0.15, 0.2) is 0 Å². The molecule has 0 N–H and O–H groups in total. The SMILES string of the molecule is O=[N+]([O-])c1ccccc1Oc1ncc(Br)cc1Br. The van der Waals surface area contributed by atoms with E-state index in [9.17, 15) is 10.1 Å². The zero-order valence-electron chi connectivity index (χ0n) is 8.84. The molecule has 2 aromatic rings. The van der Waals surface area contributed by atoms with Crippen LogP contribution in [-0.4, -0.2) is 9.91 Å². The van der Waals surface area contributed by atoms with Crippen molar-refractivity contribution in [2.75, 3.05) is 0 Å². The van der Waals surface area contributed by atoms with Gasteiger partial charge < -0.3 is 4.74 Å². The molecule has 92 valence electrons. The van der Waals surface area contributed by atoms with Gasteiger partial charge in [0.2, 0.25) is 11.6 Å². The summed E-state index contributed by atoms with van der Waals surface area (Å²) in [6.07, 6.45) is 1.55. The number of hydrogen-bond donors (Lipinski definition) is 0. The highest BCUT2D eigenvalue weighted by molar-refractivity contribution is 9.11. The van der Waals surface area contributed by atoms with Crippen LogP contribution in [0.25, 0.3) is 0 Å². The van der Waals surface area contributed by atoms with E-state index in [-0.39, 0.29) is 17.3 Å². The number of rotatable bonds is 3. The van der Waals surface area contributed by atoms with Crippen LogP contribution in [0.3, 0.4) is 0 Å². The van der Waals surface area contributed by atoms with Crippen LogP contribution in [0.1, 0.15) is 0 Å². The van der Waals surface area contributed by atoms with Crippen molar-refractivity contribution >= 4 is 37.5 Å². The Morgan fingerprint density at radius 3 is 2.67 bits per heavy atom. The second kappa shape index (κ2) is 5.45. The summed E-state index contributed by atoms with van der Waals surface area (Å²) in [4.78, 5) is 14.4. The van der Waals surface area contributed by atoms with E-state index >= 15 is 0 Å². The van der Waals surface area contributed by atoms with E-state index in [1.807, 2.05) is 0 Å². The second-order valence-electron chi connectivity index (χ2n) is 3.27. The van der Waals surface area contributed by atoms with Crippen molar-refractivity contribution in [3.63, 3.8) is 0 Å². The summed E-state index contributed by atoms with van der Waals surface area (Å²) in [6, 6.07) is 7.89. The molecule has 0 atom stereocenters. The van der Waals surface area contributed by atoms with Gasteiger partial charge in [-0.25, -0.2) is 4.98 Å². The predicted molar refractivity (Wildman–Crippen MR) is 72.8 cm³/mol. The molecule has 0 saturated carbocycles. The first kappa shape index (κ1) is 13.0. The third-order valence-electron chi connectivity index (χ3n) is 2.04. The molecule has 0 radical (unpaired) electrons. The molecule has 2 rings (SSSR count). The average Bonchev–Trinajstić information content (AvgIpc) is 2.33. The monoisotopic (exact) mass is 372 g/mol. The zero-order valence-corrected chi connectivity index (χ0v) is 12.0. The van der Waals surface area contributed by atoms with E-state index < -0.39 is 4.92 Å². The summed E-state index contributed by atoms with van der Waals surface area (Å²) in [6.45, 7) is 0. The van der Waals surface area contributed by atoms with Gasteiger partial charge in [0.1, 0.15) is 0 Å². The fraction of sp³-hybridized carbons (Fsp3) is 0. The lowest BCUT2D eigenvalue weighted by molar-refractivity contribution is -0.385. The largest absolute Gasteiger partial charge is 0.431 e. The van der Waals surface area contributed by atoms with E-state index in [2.05, 4.69) is 36.8 Å². The third-order valence-corrected chi connectivity index (χ3v) is 3.04. The second-order valence-corrected chi connectivity index (χ2v) is 5.04. The normalized spacial score (nSPS) is 10.1. The molecule has 0 aliphatic rings. The van der Waals surface area contributed by atoms with Gasteiger partial charge in [-0.3, -0.25) is 10.1 Å². The average molecular weight is 374 g/mol. The third kappa shape index (κ3) is 2.85. The Morgan fingerprint density at radius 1 is 1.28 bits per heavy atom. The predicted octanol–water partition coefficient (Wildman–Crippen LogP) is 4.31. The van der Waals surface area contributed by atoms with Crippen LogP contribution in [0.5, 0.6) is 11.6 Å². The van der Waals surface area contributed by atoms with Crippen molar-refractivity contribution in [1.82, 2.24) is 4.98 Å². The number of pyridine rings is 1. The Labute approximate surface area is 119 Å². The van der Waals surface area contributed by atoms with E-state index in [0.29, 0.717) is 4.47 Å². The fourth-order valence-corrected chi connectivity index (χ4v) is 2.34. The van der Waals surface area contributed by atoms with Gasteiger partial charge in [-0.05, 0) is 44.0 Å². The molecule has 0 bridgehead atoms. The molecule has 0 spiro atoms. The Bertz CT molecular complexity index is 605. The quantitative estimate of drug-likeness (QED) is 0.594. The summed E-state index contributed by atoms with van der Waals surface area (Å²) < 4.78 is 6.82. The highest BCUT2D eigenvalue weighted by atomic mass is 79.9. The first-order valence-corrected chi connectivity index (χ1v) is 6.39. The van der Waals surface area contributed by atoms with Crippen LogP contribution >= 0.6 is 31.9 Å². The lowest BCUT2D eigenvalue weighted by Crippen LogP contribution is -1.94. The van der Waals surface area contributed by atoms with Crippen molar-refractivity contribution in [3.05, 3.63) is 55.6 Å². The van der Waals surface area contributed by atoms with Crippen molar-refractivity contribution in [2.45, 2.75) is 0 Å². The molecule has 0 amide bonds. The minimum absolute atomic E-state index is 0.103. The highest BCUT2D eigenvalue weighted by Crippen LogP contribution is 2.34. The number of halogens is 2. The number of aromatic nitrogens is 1. The molecule has 0 saturated heterocycles. The Hall–Kier alpha value is -1.47. The maximum Gasteiger partial charge on any atom is 0.311 e. The van der Waals surface area contributed by atoms with Gasteiger partial charge >= 0.3 is 5.69 Å². The number of para-hydroxylation sites is 2. The summed E-state index contributed by atoms with van der Waals surface area (Å²) in [5, 5.41) is 10.8. The Kier molecular flexibility index (Phi) is 3.93. The van der Waals surface area contributed by atoms with Gasteiger partial charge in [0, 0.05) is 16.7 Å². The first-order valence-electron chi connectivity index (χ1n) is 4.80. The van der Waals surface area contributed by atoms with Crippen LogP contribution in [0.4, 0.5) is 5.69 Å². The van der Waals surface area contributed by atoms with Crippen LogP contribution < -0.4 is 4.74 Å². The van der Waals surface area contributed by atoms with Crippen molar-refractivity contribution in [2.24, 2.45) is 0 Å². The van der Waals surface area contributed by atoms with E-state index in [0.717, 1.165) is 4.47 Å². The lowest BCUT2D eigenvalue weighted by atomic mass is 10.3. The molecule has 0 aliphatic carbocycles. The van der Waals surface area contributed by atoms with Gasteiger partial charge in [0.05, 0.1) is 9.40 Å². The number of nitro groups is 1. The van der Waals surface area contributed by atoms with Gasteiger partial charge in [-0.1, -0.05) is 12.1 Å². The van der Waals surface area contributed by atoms with Crippen LogP contribution in [0.2, 0.25) is 0 Å². The lowest BCUT2D eigenvalue weighted by Gasteiger charge is -2.06. The molecule has 18 heavy (non-hydrogen) atoms. The summed E-state index contributed by atoms with van der Waals surface area (Å²) >= 11 is 6.54. The number of ether oxygens (including phenoxy) is 1. The molecule has 1 aromatic heterocycles. The van der Waals surface area contributed by atoms with E-state index in [4.69, 9.17) is 4.74 Å². The molecule has 0 unspecified atom stereocenters. The van der Waals surface area contributed by atoms with Crippen LogP contribution in [-0.2, 0) is 0 Å². The van der Waals surface area contributed by atoms with E-state index in [1.54, 1.807) is 24.4 Å². The maximum absolute atomic E-state index is 10.8. The topological polar surface area (TPSA) is 65.3 Å². The summed E-state index contributed by atoms with van der Waals surface area (Å²) in [7, 11) is 0. The molecular formula is C11H6Br2N2O3. The number of nitro benzene ring substituents is 1. The van der Waals surface area contributed by atoms with Gasteiger partial charge in [0.25, 0.3) is 0 Å². The molecule has 0 aliphatic heterocycles. The smallest absolute Gasteiger partial charge is 0.311 e. The minimum Gasteiger partial charge on any atom is -0.431 e. The molecule has 5 nitrogen and oxygen atoms in total. The molecule has 7 heteroatoms. The van der Waals surface area contributed by atoms with Crippen molar-refractivity contribution in [1.29, 1.82) is 0 Å². The van der Waals surface area contributed by atoms with E-state index in [1.165, 1.54) is 12.1 Å². The minimum atomic E-state index is -0.498. The molecular weight excluding hydrogens is 368 g/mol. The fourth-order valence-electron chi connectivity index (χ4n) is 1.28. The maximum atomic E-state index is 10.8. The number of benzene rings is 1. The van der Waals surface area contributed by atoms with Crippen molar-refractivity contribution in [3.8, 4) is 11.6 Å². The van der Waals surface area contributed by atoms with Crippen LogP contribution in [0.15, 0.2) is 45.5 Å². The first-order chi connectivity index (χ1) is 8.58. The summed E-state index contributed by atoms with van der Waals surface area (Å²) in [5.74, 6) is 0.422.